The van der Waals surface area contributed by atoms with Gasteiger partial charge in [0.05, 0.1) is 11.5 Å². The lowest BCUT2D eigenvalue weighted by molar-refractivity contribution is -0.384. The summed E-state index contributed by atoms with van der Waals surface area (Å²) < 4.78 is 0. The molecule has 2 aromatic rings. The summed E-state index contributed by atoms with van der Waals surface area (Å²) in [4.78, 5) is 28.9. The van der Waals surface area contributed by atoms with Crippen LogP contribution in [-0.2, 0) is 5.75 Å². The third-order valence-electron chi connectivity index (χ3n) is 3.63. The van der Waals surface area contributed by atoms with Crippen LogP contribution in [0.3, 0.4) is 0 Å². The second-order valence-corrected chi connectivity index (χ2v) is 6.72. The van der Waals surface area contributed by atoms with E-state index in [1.807, 2.05) is 0 Å². The molecule has 1 aliphatic rings. The van der Waals surface area contributed by atoms with Crippen LogP contribution in [0.25, 0.3) is 0 Å². The van der Waals surface area contributed by atoms with Gasteiger partial charge >= 0.3 is 0 Å². The van der Waals surface area contributed by atoms with Gasteiger partial charge in [0.15, 0.2) is 5.17 Å². The summed E-state index contributed by atoms with van der Waals surface area (Å²) in [5, 5.41) is 11.9. The number of benzene rings is 2. The number of aliphatic imine (C=N–C) groups is 1. The van der Waals surface area contributed by atoms with E-state index in [1.54, 1.807) is 41.3 Å². The van der Waals surface area contributed by atoms with Gasteiger partial charge in [-0.15, -0.1) is 0 Å². The van der Waals surface area contributed by atoms with E-state index in [2.05, 4.69) is 4.99 Å². The van der Waals surface area contributed by atoms with Crippen molar-refractivity contribution < 1.29 is 9.72 Å². The number of rotatable bonds is 4. The summed E-state index contributed by atoms with van der Waals surface area (Å²) in [6.07, 6.45) is 0. The Balaban J connectivity index is 1.65. The maximum Gasteiger partial charge on any atom is 0.269 e. The summed E-state index contributed by atoms with van der Waals surface area (Å²) in [5.41, 5.74) is 1.52. The van der Waals surface area contributed by atoms with Crippen molar-refractivity contribution in [3.63, 3.8) is 0 Å². The van der Waals surface area contributed by atoms with Crippen molar-refractivity contribution in [2.24, 2.45) is 4.99 Å². The minimum atomic E-state index is -0.427. The summed E-state index contributed by atoms with van der Waals surface area (Å²) in [7, 11) is 0. The summed E-state index contributed by atoms with van der Waals surface area (Å²) in [6.45, 7) is 1.10. The molecule has 2 aromatic carbocycles. The molecule has 0 aromatic heterocycles. The fourth-order valence-corrected chi connectivity index (χ4v) is 3.57. The lowest BCUT2D eigenvalue weighted by Gasteiger charge is -2.18. The minimum Gasteiger partial charge on any atom is -0.286 e. The van der Waals surface area contributed by atoms with E-state index in [1.165, 1.54) is 23.9 Å². The lowest BCUT2D eigenvalue weighted by atomic mass is 10.2. The van der Waals surface area contributed by atoms with Gasteiger partial charge in [-0.2, -0.15) is 0 Å². The Labute approximate surface area is 153 Å². The number of carbonyl (C=O) groups is 1. The molecule has 0 fully saturated rings. The standard InChI is InChI=1S/C17H14ClN3O3S/c18-14-3-1-2-13(10-14)16(22)20-9-8-19-17(20)25-11-12-4-6-15(7-5-12)21(23)24/h1-7,10H,8-9,11H2. The van der Waals surface area contributed by atoms with Crippen LogP contribution in [0.4, 0.5) is 5.69 Å². The van der Waals surface area contributed by atoms with Crippen LogP contribution in [0.1, 0.15) is 15.9 Å². The van der Waals surface area contributed by atoms with Crippen LogP contribution in [0.5, 0.6) is 0 Å². The van der Waals surface area contributed by atoms with Gasteiger partial charge in [-0.25, -0.2) is 0 Å². The zero-order valence-corrected chi connectivity index (χ0v) is 14.7. The van der Waals surface area contributed by atoms with Crippen LogP contribution >= 0.6 is 23.4 Å². The van der Waals surface area contributed by atoms with Crippen molar-refractivity contribution in [3.8, 4) is 0 Å². The van der Waals surface area contributed by atoms with E-state index >= 15 is 0 Å². The third kappa shape index (κ3) is 4.18. The molecule has 0 bridgehead atoms. The van der Waals surface area contributed by atoms with Gasteiger partial charge in [-0.05, 0) is 23.8 Å². The first kappa shape index (κ1) is 17.4. The molecule has 1 heterocycles. The monoisotopic (exact) mass is 375 g/mol. The Morgan fingerprint density at radius 1 is 1.28 bits per heavy atom. The highest BCUT2D eigenvalue weighted by Crippen LogP contribution is 2.23. The predicted octanol–water partition coefficient (Wildman–Crippen LogP) is 3.99. The first-order chi connectivity index (χ1) is 12.0. The number of thioether (sulfide) groups is 1. The number of hydrogen-bond acceptors (Lipinski definition) is 5. The molecule has 25 heavy (non-hydrogen) atoms. The molecule has 0 radical (unpaired) electrons. The molecular formula is C17H14ClN3O3S. The number of non-ortho nitro benzene ring substituents is 1. The molecule has 128 valence electrons. The number of nitrogens with zero attached hydrogens (tertiary/aromatic N) is 3. The van der Waals surface area contributed by atoms with Crippen molar-refractivity contribution in [2.45, 2.75) is 5.75 Å². The molecule has 0 saturated heterocycles. The first-order valence-corrected chi connectivity index (χ1v) is 8.89. The van der Waals surface area contributed by atoms with E-state index in [-0.39, 0.29) is 11.6 Å². The van der Waals surface area contributed by atoms with Crippen LogP contribution in [0.2, 0.25) is 5.02 Å². The van der Waals surface area contributed by atoms with Gasteiger partial charge in [0.25, 0.3) is 11.6 Å². The highest BCUT2D eigenvalue weighted by molar-refractivity contribution is 8.13. The topological polar surface area (TPSA) is 75.8 Å². The largest absolute Gasteiger partial charge is 0.286 e. The molecule has 0 atom stereocenters. The number of carbonyl (C=O) groups excluding carboxylic acids is 1. The molecule has 0 spiro atoms. The van der Waals surface area contributed by atoms with Gasteiger partial charge in [0.2, 0.25) is 0 Å². The van der Waals surface area contributed by atoms with E-state index in [0.29, 0.717) is 34.6 Å². The molecule has 1 aliphatic heterocycles. The Morgan fingerprint density at radius 2 is 2.04 bits per heavy atom. The van der Waals surface area contributed by atoms with E-state index in [4.69, 9.17) is 11.6 Å². The maximum atomic E-state index is 12.6. The third-order valence-corrected chi connectivity index (χ3v) is 4.95. The van der Waals surface area contributed by atoms with E-state index in [0.717, 1.165) is 5.56 Å². The number of amidine groups is 1. The van der Waals surface area contributed by atoms with Gasteiger partial charge in [0, 0.05) is 35.0 Å². The van der Waals surface area contributed by atoms with E-state index < -0.39 is 4.92 Å². The average molecular weight is 376 g/mol. The number of nitro benzene ring substituents is 1. The quantitative estimate of drug-likeness (QED) is 0.598. The second kappa shape index (κ2) is 7.67. The predicted molar refractivity (Wildman–Crippen MR) is 99.2 cm³/mol. The highest BCUT2D eigenvalue weighted by atomic mass is 35.5. The fourth-order valence-electron chi connectivity index (χ4n) is 2.38. The molecule has 6 nitrogen and oxygen atoms in total. The van der Waals surface area contributed by atoms with Crippen molar-refractivity contribution >= 4 is 40.1 Å². The fraction of sp³-hybridized carbons (Fsp3) is 0.176. The minimum absolute atomic E-state index is 0.0599. The van der Waals surface area contributed by atoms with Crippen molar-refractivity contribution in [1.82, 2.24) is 4.90 Å². The lowest BCUT2D eigenvalue weighted by Crippen LogP contribution is -2.32. The molecule has 0 N–H and O–H groups in total. The van der Waals surface area contributed by atoms with Gasteiger partial charge in [-0.1, -0.05) is 41.6 Å². The molecule has 0 unspecified atom stereocenters. The van der Waals surface area contributed by atoms with Crippen molar-refractivity contribution in [3.05, 3.63) is 74.8 Å². The van der Waals surface area contributed by atoms with Crippen molar-refractivity contribution in [1.29, 1.82) is 0 Å². The normalized spacial score (nSPS) is 13.6. The first-order valence-electron chi connectivity index (χ1n) is 7.52. The Kier molecular flexibility index (Phi) is 5.35. The van der Waals surface area contributed by atoms with E-state index in [9.17, 15) is 14.9 Å². The Bertz CT molecular complexity index is 839. The zero-order valence-electron chi connectivity index (χ0n) is 13.1. The maximum absolute atomic E-state index is 12.6. The van der Waals surface area contributed by atoms with Gasteiger partial charge in [0.1, 0.15) is 0 Å². The molecule has 1 amide bonds. The SMILES string of the molecule is O=C(c1cccc(Cl)c1)N1CCN=C1SCc1ccc([N+](=O)[O-])cc1. The smallest absolute Gasteiger partial charge is 0.269 e. The van der Waals surface area contributed by atoms with Gasteiger partial charge < -0.3 is 0 Å². The molecule has 3 rings (SSSR count). The number of nitro groups is 1. The van der Waals surface area contributed by atoms with Gasteiger partial charge in [-0.3, -0.25) is 24.8 Å². The number of hydrogen-bond donors (Lipinski definition) is 0. The Hall–Kier alpha value is -2.38. The summed E-state index contributed by atoms with van der Waals surface area (Å²) in [5.74, 6) is 0.450. The Morgan fingerprint density at radius 3 is 2.72 bits per heavy atom. The zero-order chi connectivity index (χ0) is 17.8. The van der Waals surface area contributed by atoms with Crippen LogP contribution in [0, 0.1) is 10.1 Å². The highest BCUT2D eigenvalue weighted by Gasteiger charge is 2.25. The molecular weight excluding hydrogens is 362 g/mol. The summed E-state index contributed by atoms with van der Waals surface area (Å²) in [6, 6.07) is 13.2. The summed E-state index contributed by atoms with van der Waals surface area (Å²) >= 11 is 7.39. The number of halogens is 1. The van der Waals surface area contributed by atoms with Crippen LogP contribution in [-0.4, -0.2) is 34.0 Å². The molecule has 8 heteroatoms. The second-order valence-electron chi connectivity index (χ2n) is 5.34. The molecule has 0 saturated carbocycles. The van der Waals surface area contributed by atoms with Crippen LogP contribution < -0.4 is 0 Å². The average Bonchev–Trinajstić information content (AvgIpc) is 3.08. The van der Waals surface area contributed by atoms with Crippen molar-refractivity contribution in [2.75, 3.05) is 13.1 Å². The van der Waals surface area contributed by atoms with Crippen LogP contribution in [0.15, 0.2) is 53.5 Å². The molecule has 0 aliphatic carbocycles. The number of amides is 1.